The molecule has 1 fully saturated rings. The molecule has 146 valence electrons. The molecular formula is C18H30ClN5O2. The zero-order chi connectivity index (χ0) is 18.1. The minimum Gasteiger partial charge on any atom is -0.352 e. The van der Waals surface area contributed by atoms with Gasteiger partial charge in [-0.15, -0.1) is 12.4 Å². The molecule has 1 aromatic carbocycles. The zero-order valence-electron chi connectivity index (χ0n) is 15.5. The third kappa shape index (κ3) is 7.59. The predicted molar refractivity (Wildman–Crippen MR) is 107 cm³/mol. The normalized spacial score (nSPS) is 14.4. The summed E-state index contributed by atoms with van der Waals surface area (Å²) in [6.45, 7) is 9.56. The first-order valence-corrected chi connectivity index (χ1v) is 8.94. The van der Waals surface area contributed by atoms with Crippen LogP contribution in [-0.4, -0.2) is 62.1 Å². The van der Waals surface area contributed by atoms with Gasteiger partial charge in [-0.1, -0.05) is 12.1 Å². The van der Waals surface area contributed by atoms with Crippen molar-refractivity contribution in [2.75, 3.05) is 44.6 Å². The summed E-state index contributed by atoms with van der Waals surface area (Å²) in [6, 6.07) is 6.76. The van der Waals surface area contributed by atoms with Gasteiger partial charge in [0, 0.05) is 38.8 Å². The molecule has 0 radical (unpaired) electrons. The van der Waals surface area contributed by atoms with E-state index in [4.69, 9.17) is 0 Å². The Morgan fingerprint density at radius 3 is 2.58 bits per heavy atom. The summed E-state index contributed by atoms with van der Waals surface area (Å²) in [7, 11) is 0. The molecule has 1 aromatic rings. The Kier molecular flexibility index (Phi) is 10.0. The van der Waals surface area contributed by atoms with Crippen molar-refractivity contribution in [3.8, 4) is 0 Å². The number of carbonyl (C=O) groups excluding carboxylic acids is 2. The number of nitrogens with zero attached hydrogens (tertiary/aromatic N) is 1. The number of nitrogens with one attached hydrogen (secondary N) is 4. The second kappa shape index (κ2) is 11.7. The molecule has 3 amide bonds. The molecule has 0 unspecified atom stereocenters. The Balaban J connectivity index is 0.00000338. The van der Waals surface area contributed by atoms with Crippen LogP contribution in [0.3, 0.4) is 0 Å². The largest absolute Gasteiger partial charge is 0.352 e. The van der Waals surface area contributed by atoms with Gasteiger partial charge < -0.3 is 26.2 Å². The molecule has 1 aliphatic rings. The van der Waals surface area contributed by atoms with E-state index in [9.17, 15) is 9.59 Å². The van der Waals surface area contributed by atoms with Gasteiger partial charge >= 0.3 is 6.03 Å². The Bertz CT molecular complexity index is 576. The summed E-state index contributed by atoms with van der Waals surface area (Å²) in [6.07, 6.45) is 0.912. The third-order valence-corrected chi connectivity index (χ3v) is 3.99. The zero-order valence-corrected chi connectivity index (χ0v) is 16.3. The van der Waals surface area contributed by atoms with Gasteiger partial charge in [-0.25, -0.2) is 4.79 Å². The van der Waals surface area contributed by atoms with Gasteiger partial charge in [0.05, 0.1) is 11.3 Å². The van der Waals surface area contributed by atoms with E-state index in [0.29, 0.717) is 17.8 Å². The Morgan fingerprint density at radius 2 is 1.88 bits per heavy atom. The van der Waals surface area contributed by atoms with Crippen molar-refractivity contribution in [1.29, 1.82) is 0 Å². The molecule has 4 N–H and O–H groups in total. The van der Waals surface area contributed by atoms with Crippen molar-refractivity contribution in [2.45, 2.75) is 26.3 Å². The lowest BCUT2D eigenvalue weighted by Crippen LogP contribution is -2.44. The van der Waals surface area contributed by atoms with E-state index in [0.717, 1.165) is 39.1 Å². The number of halogens is 1. The van der Waals surface area contributed by atoms with Crippen molar-refractivity contribution < 1.29 is 9.59 Å². The first-order chi connectivity index (χ1) is 12.1. The highest BCUT2D eigenvalue weighted by atomic mass is 35.5. The molecule has 7 nitrogen and oxygen atoms in total. The molecule has 0 atom stereocenters. The predicted octanol–water partition coefficient (Wildman–Crippen LogP) is 1.66. The number of benzene rings is 1. The second-order valence-corrected chi connectivity index (χ2v) is 6.50. The number of rotatable bonds is 7. The van der Waals surface area contributed by atoms with Crippen molar-refractivity contribution in [2.24, 2.45) is 0 Å². The number of carbonyl (C=O) groups is 2. The number of hydrogen-bond donors (Lipinski definition) is 4. The maximum Gasteiger partial charge on any atom is 0.319 e. The standard InChI is InChI=1S/C18H29N5O2.ClH/c1-14(2)21-18(25)22-16-7-4-3-6-15(16)17(24)20-8-5-11-23-12-9-19-10-13-23;/h3-4,6-7,14,19H,5,8-13H2,1-2H3,(H,20,24)(H2,21,22,25);1H. The van der Waals surface area contributed by atoms with Crippen LogP contribution in [0, 0.1) is 0 Å². The molecule has 0 saturated carbocycles. The van der Waals surface area contributed by atoms with Crippen LogP contribution in [0.4, 0.5) is 10.5 Å². The number of urea groups is 1. The van der Waals surface area contributed by atoms with E-state index in [1.807, 2.05) is 13.8 Å². The minimum atomic E-state index is -0.311. The number of hydrogen-bond acceptors (Lipinski definition) is 4. The van der Waals surface area contributed by atoms with Crippen LogP contribution < -0.4 is 21.3 Å². The van der Waals surface area contributed by atoms with Gasteiger partial charge in [-0.3, -0.25) is 4.79 Å². The minimum absolute atomic E-state index is 0. The fourth-order valence-corrected chi connectivity index (χ4v) is 2.75. The highest BCUT2D eigenvalue weighted by Gasteiger charge is 2.13. The molecule has 2 rings (SSSR count). The molecule has 1 heterocycles. The highest BCUT2D eigenvalue weighted by Crippen LogP contribution is 2.14. The molecule has 0 spiro atoms. The van der Waals surface area contributed by atoms with E-state index >= 15 is 0 Å². The van der Waals surface area contributed by atoms with Crippen molar-refractivity contribution in [3.05, 3.63) is 29.8 Å². The molecular weight excluding hydrogens is 354 g/mol. The number of amides is 3. The average molecular weight is 384 g/mol. The lowest BCUT2D eigenvalue weighted by atomic mass is 10.1. The fraction of sp³-hybridized carbons (Fsp3) is 0.556. The summed E-state index contributed by atoms with van der Waals surface area (Å²) in [5.74, 6) is -0.166. The SMILES string of the molecule is CC(C)NC(=O)Nc1ccccc1C(=O)NCCCN1CCNCC1.Cl. The van der Waals surface area contributed by atoms with Gasteiger partial charge in [0.2, 0.25) is 0 Å². The monoisotopic (exact) mass is 383 g/mol. The summed E-state index contributed by atoms with van der Waals surface area (Å²) >= 11 is 0. The quantitative estimate of drug-likeness (QED) is 0.539. The van der Waals surface area contributed by atoms with E-state index < -0.39 is 0 Å². The highest BCUT2D eigenvalue weighted by molar-refractivity contribution is 6.03. The molecule has 1 saturated heterocycles. The number of para-hydroxylation sites is 1. The first kappa shape index (κ1) is 22.2. The maximum absolute atomic E-state index is 12.4. The molecule has 1 aliphatic heterocycles. The topological polar surface area (TPSA) is 85.5 Å². The van der Waals surface area contributed by atoms with Crippen LogP contribution in [0.1, 0.15) is 30.6 Å². The average Bonchev–Trinajstić information content (AvgIpc) is 2.59. The second-order valence-electron chi connectivity index (χ2n) is 6.50. The molecule has 26 heavy (non-hydrogen) atoms. The van der Waals surface area contributed by atoms with Gasteiger partial charge in [0.1, 0.15) is 0 Å². The van der Waals surface area contributed by atoms with Crippen LogP contribution >= 0.6 is 12.4 Å². The van der Waals surface area contributed by atoms with Crippen LogP contribution in [0.2, 0.25) is 0 Å². The Labute approximate surface area is 161 Å². The van der Waals surface area contributed by atoms with Crippen molar-refractivity contribution >= 4 is 30.0 Å². The molecule has 0 bridgehead atoms. The summed E-state index contributed by atoms with van der Waals surface area (Å²) in [4.78, 5) is 26.7. The van der Waals surface area contributed by atoms with E-state index in [1.165, 1.54) is 0 Å². The summed E-state index contributed by atoms with van der Waals surface area (Å²) < 4.78 is 0. The molecule has 8 heteroatoms. The van der Waals surface area contributed by atoms with E-state index in [2.05, 4.69) is 26.2 Å². The van der Waals surface area contributed by atoms with Crippen LogP contribution in [0.25, 0.3) is 0 Å². The first-order valence-electron chi connectivity index (χ1n) is 8.94. The lowest BCUT2D eigenvalue weighted by Gasteiger charge is -2.27. The van der Waals surface area contributed by atoms with Crippen molar-refractivity contribution in [3.63, 3.8) is 0 Å². The van der Waals surface area contributed by atoms with Gasteiger partial charge in [-0.05, 0) is 38.9 Å². The maximum atomic E-state index is 12.4. The van der Waals surface area contributed by atoms with Crippen LogP contribution in [0.15, 0.2) is 24.3 Å². The number of anilines is 1. The summed E-state index contributed by atoms with van der Waals surface area (Å²) in [5.41, 5.74) is 0.990. The Morgan fingerprint density at radius 1 is 1.19 bits per heavy atom. The van der Waals surface area contributed by atoms with E-state index in [-0.39, 0.29) is 30.4 Å². The van der Waals surface area contributed by atoms with Gasteiger partial charge in [0.25, 0.3) is 5.91 Å². The smallest absolute Gasteiger partial charge is 0.319 e. The summed E-state index contributed by atoms with van der Waals surface area (Å²) in [5, 5.41) is 11.8. The van der Waals surface area contributed by atoms with Gasteiger partial charge in [0.15, 0.2) is 0 Å². The third-order valence-electron chi connectivity index (χ3n) is 3.99. The van der Waals surface area contributed by atoms with Gasteiger partial charge in [-0.2, -0.15) is 0 Å². The van der Waals surface area contributed by atoms with Crippen LogP contribution in [0.5, 0.6) is 0 Å². The molecule has 0 aromatic heterocycles. The fourth-order valence-electron chi connectivity index (χ4n) is 2.75. The van der Waals surface area contributed by atoms with Crippen molar-refractivity contribution in [1.82, 2.24) is 20.9 Å². The van der Waals surface area contributed by atoms with E-state index in [1.54, 1.807) is 24.3 Å². The number of piperazine rings is 1. The lowest BCUT2D eigenvalue weighted by molar-refractivity contribution is 0.0952. The molecule has 0 aliphatic carbocycles. The van der Waals surface area contributed by atoms with Crippen LogP contribution in [-0.2, 0) is 0 Å². The Hall–Kier alpha value is -1.83.